The van der Waals surface area contributed by atoms with Gasteiger partial charge in [-0.15, -0.1) is 0 Å². The molecule has 4 rings (SSSR count). The van der Waals surface area contributed by atoms with Gasteiger partial charge >= 0.3 is 5.97 Å². The smallest absolute Gasteiger partial charge is 0.336 e. The lowest BCUT2D eigenvalue weighted by molar-refractivity contribution is 0.0699. The Bertz CT molecular complexity index is 1260. The van der Waals surface area contributed by atoms with Crippen LogP contribution in [0.4, 0.5) is 0 Å². The fourth-order valence-corrected chi connectivity index (χ4v) is 5.57. The Labute approximate surface area is 182 Å². The first-order valence-electron chi connectivity index (χ1n) is 10.5. The van der Waals surface area contributed by atoms with Gasteiger partial charge in [-0.2, -0.15) is 4.31 Å². The summed E-state index contributed by atoms with van der Waals surface area (Å²) in [6, 6.07) is 12.0. The fourth-order valence-electron chi connectivity index (χ4n) is 4.02. The lowest BCUT2D eigenvalue weighted by atomic mass is 10.0. The van der Waals surface area contributed by atoms with Crippen LogP contribution in [0.2, 0.25) is 0 Å². The van der Waals surface area contributed by atoms with E-state index in [1.807, 2.05) is 32.0 Å². The molecule has 3 aromatic rings. The molecule has 0 bridgehead atoms. The van der Waals surface area contributed by atoms with Crippen molar-refractivity contribution in [3.63, 3.8) is 0 Å². The van der Waals surface area contributed by atoms with E-state index in [0.717, 1.165) is 42.4 Å². The molecule has 1 saturated heterocycles. The number of aromatic nitrogens is 1. The van der Waals surface area contributed by atoms with Gasteiger partial charge in [-0.1, -0.05) is 25.0 Å². The van der Waals surface area contributed by atoms with Crippen LogP contribution < -0.4 is 0 Å². The molecule has 1 fully saturated rings. The topological polar surface area (TPSA) is 87.6 Å². The Kier molecular flexibility index (Phi) is 5.81. The van der Waals surface area contributed by atoms with Crippen LogP contribution in [0.1, 0.15) is 47.2 Å². The average molecular weight is 439 g/mol. The second-order valence-corrected chi connectivity index (χ2v) is 10.1. The van der Waals surface area contributed by atoms with E-state index in [1.165, 1.54) is 22.5 Å². The molecule has 0 atom stereocenters. The second-order valence-electron chi connectivity index (χ2n) is 8.16. The number of sulfonamides is 1. The van der Waals surface area contributed by atoms with Crippen molar-refractivity contribution in [2.75, 3.05) is 13.1 Å². The normalized spacial score (nSPS) is 15.7. The molecule has 162 valence electrons. The number of rotatable bonds is 4. The monoisotopic (exact) mass is 438 g/mol. The third-order valence-electron chi connectivity index (χ3n) is 6.02. The number of aromatic carboxylic acids is 1. The van der Waals surface area contributed by atoms with E-state index in [1.54, 1.807) is 6.07 Å². The Morgan fingerprint density at radius 2 is 1.65 bits per heavy atom. The molecule has 2 aromatic carbocycles. The van der Waals surface area contributed by atoms with Gasteiger partial charge in [0.1, 0.15) is 0 Å². The van der Waals surface area contributed by atoms with Crippen molar-refractivity contribution in [1.82, 2.24) is 9.29 Å². The van der Waals surface area contributed by atoms with Crippen LogP contribution in [-0.4, -0.2) is 41.9 Å². The highest BCUT2D eigenvalue weighted by Gasteiger charge is 2.26. The molecule has 2 heterocycles. The van der Waals surface area contributed by atoms with Crippen molar-refractivity contribution >= 4 is 26.9 Å². The second kappa shape index (κ2) is 8.40. The van der Waals surface area contributed by atoms with E-state index in [2.05, 4.69) is 4.98 Å². The minimum atomic E-state index is -3.68. The minimum absolute atomic E-state index is 0.0474. The van der Waals surface area contributed by atoms with Gasteiger partial charge in [-0.25, -0.2) is 18.2 Å². The van der Waals surface area contributed by atoms with Crippen LogP contribution in [0.25, 0.3) is 22.2 Å². The van der Waals surface area contributed by atoms with Gasteiger partial charge in [0, 0.05) is 24.0 Å². The number of benzene rings is 2. The van der Waals surface area contributed by atoms with Crippen molar-refractivity contribution in [3.8, 4) is 11.3 Å². The van der Waals surface area contributed by atoms with Crippen LogP contribution in [-0.2, 0) is 10.0 Å². The predicted molar refractivity (Wildman–Crippen MR) is 121 cm³/mol. The number of hydrogen-bond donors (Lipinski definition) is 1. The molecule has 1 aliphatic heterocycles. The number of fused-ring (bicyclic) bond motifs is 1. The summed E-state index contributed by atoms with van der Waals surface area (Å²) >= 11 is 0. The molecule has 7 heteroatoms. The van der Waals surface area contributed by atoms with Crippen LogP contribution in [0.5, 0.6) is 0 Å². The summed E-state index contributed by atoms with van der Waals surface area (Å²) in [5.41, 5.74) is 4.13. The number of carboxylic acid groups (broad SMARTS) is 1. The number of carbonyl (C=O) groups is 1. The first kappa shape index (κ1) is 21.5. The first-order chi connectivity index (χ1) is 14.8. The summed E-state index contributed by atoms with van der Waals surface area (Å²) < 4.78 is 27.9. The van der Waals surface area contributed by atoms with Crippen molar-refractivity contribution in [1.29, 1.82) is 0 Å². The SMILES string of the molecule is Cc1ccc(-c2cc(C(=O)O)c3cc(S(=O)(=O)N4CCCCCC4)ccc3n2)cc1C. The number of pyridine rings is 1. The highest BCUT2D eigenvalue weighted by Crippen LogP contribution is 2.29. The molecule has 0 unspecified atom stereocenters. The first-order valence-corrected chi connectivity index (χ1v) is 12.0. The molecule has 0 aliphatic carbocycles. The Hall–Kier alpha value is -2.77. The van der Waals surface area contributed by atoms with E-state index in [4.69, 9.17) is 0 Å². The highest BCUT2D eigenvalue weighted by molar-refractivity contribution is 7.89. The predicted octanol–water partition coefficient (Wildman–Crippen LogP) is 4.78. The van der Waals surface area contributed by atoms with Gasteiger partial charge in [0.25, 0.3) is 0 Å². The van der Waals surface area contributed by atoms with Crippen molar-refractivity contribution in [2.45, 2.75) is 44.4 Å². The molecule has 1 aliphatic rings. The zero-order valence-electron chi connectivity index (χ0n) is 17.8. The molecule has 1 N–H and O–H groups in total. The molecule has 1 aromatic heterocycles. The number of nitrogens with zero attached hydrogens (tertiary/aromatic N) is 2. The highest BCUT2D eigenvalue weighted by atomic mass is 32.2. The van der Waals surface area contributed by atoms with Crippen LogP contribution in [0.3, 0.4) is 0 Å². The van der Waals surface area contributed by atoms with E-state index >= 15 is 0 Å². The van der Waals surface area contributed by atoms with Gasteiger partial charge in [0.15, 0.2) is 0 Å². The van der Waals surface area contributed by atoms with Crippen LogP contribution in [0.15, 0.2) is 47.4 Å². The lowest BCUT2D eigenvalue weighted by Gasteiger charge is -2.20. The van der Waals surface area contributed by atoms with Gasteiger partial charge < -0.3 is 5.11 Å². The Morgan fingerprint density at radius 1 is 0.935 bits per heavy atom. The molecule has 6 nitrogen and oxygen atoms in total. The zero-order valence-corrected chi connectivity index (χ0v) is 18.6. The molecule has 31 heavy (non-hydrogen) atoms. The number of aryl methyl sites for hydroxylation is 2. The summed E-state index contributed by atoms with van der Waals surface area (Å²) in [6.45, 7) is 5.01. The van der Waals surface area contributed by atoms with Crippen LogP contribution >= 0.6 is 0 Å². The molecular formula is C24H26N2O4S. The minimum Gasteiger partial charge on any atom is -0.478 e. The summed E-state index contributed by atoms with van der Waals surface area (Å²) in [4.78, 5) is 16.8. The molecule has 0 amide bonds. The van der Waals surface area contributed by atoms with E-state index < -0.39 is 16.0 Å². The third-order valence-corrected chi connectivity index (χ3v) is 7.91. The van der Waals surface area contributed by atoms with Gasteiger partial charge in [-0.3, -0.25) is 0 Å². The maximum atomic E-state index is 13.2. The van der Waals surface area contributed by atoms with Gasteiger partial charge in [-0.05, 0) is 68.1 Å². The van der Waals surface area contributed by atoms with Gasteiger partial charge in [0.2, 0.25) is 10.0 Å². The standard InChI is InChI=1S/C24H26N2O4S/c1-16-7-8-18(13-17(16)2)23-15-21(24(27)28)20-14-19(9-10-22(20)25-23)31(29,30)26-11-5-3-4-6-12-26/h7-10,13-15H,3-6,11-12H2,1-2H3,(H,27,28). The van der Waals surface area contributed by atoms with Crippen molar-refractivity contribution < 1.29 is 18.3 Å². The van der Waals surface area contributed by atoms with E-state index in [9.17, 15) is 18.3 Å². The number of carboxylic acids is 1. The van der Waals surface area contributed by atoms with E-state index in [-0.39, 0.29) is 10.5 Å². The average Bonchev–Trinajstić information content (AvgIpc) is 3.04. The molecular weight excluding hydrogens is 412 g/mol. The molecule has 0 spiro atoms. The summed E-state index contributed by atoms with van der Waals surface area (Å²) in [7, 11) is -3.68. The van der Waals surface area contributed by atoms with Crippen LogP contribution in [0, 0.1) is 13.8 Å². The fraction of sp³-hybridized carbons (Fsp3) is 0.333. The van der Waals surface area contributed by atoms with Crippen molar-refractivity contribution in [2.24, 2.45) is 0 Å². The Morgan fingerprint density at radius 3 is 2.29 bits per heavy atom. The molecule has 0 radical (unpaired) electrons. The van der Waals surface area contributed by atoms with Crippen molar-refractivity contribution in [3.05, 3.63) is 59.2 Å². The number of hydrogen-bond acceptors (Lipinski definition) is 4. The van der Waals surface area contributed by atoms with Gasteiger partial charge in [0.05, 0.1) is 21.7 Å². The Balaban J connectivity index is 1.83. The maximum Gasteiger partial charge on any atom is 0.336 e. The summed E-state index contributed by atoms with van der Waals surface area (Å²) in [5, 5.41) is 10.2. The maximum absolute atomic E-state index is 13.2. The largest absolute Gasteiger partial charge is 0.478 e. The summed E-state index contributed by atoms with van der Waals surface area (Å²) in [5.74, 6) is -1.11. The quantitative estimate of drug-likeness (QED) is 0.633. The third kappa shape index (κ3) is 4.20. The molecule has 0 saturated carbocycles. The lowest BCUT2D eigenvalue weighted by Crippen LogP contribution is -2.31. The van der Waals surface area contributed by atoms with E-state index in [0.29, 0.717) is 29.7 Å². The zero-order chi connectivity index (χ0) is 22.2. The summed E-state index contributed by atoms with van der Waals surface area (Å²) in [6.07, 6.45) is 3.73.